The molecule has 1 spiro atoms. The summed E-state index contributed by atoms with van der Waals surface area (Å²) in [6.07, 6.45) is 1.28. The second kappa shape index (κ2) is 3.20. The van der Waals surface area contributed by atoms with Crippen molar-refractivity contribution in [3.05, 3.63) is 0 Å². The molecule has 2 heterocycles. The highest BCUT2D eigenvalue weighted by Gasteiger charge is 2.43. The van der Waals surface area contributed by atoms with Crippen LogP contribution in [0.4, 0.5) is 0 Å². The Morgan fingerprint density at radius 1 is 1.33 bits per heavy atom. The average Bonchev–Trinajstić information content (AvgIpc) is 2.41. The van der Waals surface area contributed by atoms with Gasteiger partial charge in [0.05, 0.1) is 4.87 Å². The van der Waals surface area contributed by atoms with Gasteiger partial charge in [-0.25, -0.2) is 0 Å². The monoisotopic (exact) mass is 186 g/mol. The fourth-order valence-corrected chi connectivity index (χ4v) is 3.79. The summed E-state index contributed by atoms with van der Waals surface area (Å²) in [5.74, 6) is 0.765. The number of hydrogen-bond donors (Lipinski definition) is 2. The Morgan fingerprint density at radius 2 is 2.17 bits per heavy atom. The SMILES string of the molecule is CC1CNC2(CCNCC2C)S1. The van der Waals surface area contributed by atoms with Crippen molar-refractivity contribution in [3.8, 4) is 0 Å². The maximum absolute atomic E-state index is 3.69. The molecule has 0 bridgehead atoms. The van der Waals surface area contributed by atoms with Gasteiger partial charge in [0.15, 0.2) is 0 Å². The second-order valence-corrected chi connectivity index (χ2v) is 5.82. The van der Waals surface area contributed by atoms with Crippen molar-refractivity contribution in [2.45, 2.75) is 30.4 Å². The van der Waals surface area contributed by atoms with E-state index in [4.69, 9.17) is 0 Å². The molecular weight excluding hydrogens is 168 g/mol. The molecule has 2 fully saturated rings. The van der Waals surface area contributed by atoms with Crippen LogP contribution in [0, 0.1) is 5.92 Å². The fraction of sp³-hybridized carbons (Fsp3) is 1.00. The first-order valence-electron chi connectivity index (χ1n) is 4.86. The van der Waals surface area contributed by atoms with E-state index in [9.17, 15) is 0 Å². The highest BCUT2D eigenvalue weighted by molar-refractivity contribution is 8.01. The Labute approximate surface area is 78.9 Å². The highest BCUT2D eigenvalue weighted by Crippen LogP contribution is 2.42. The first-order valence-corrected chi connectivity index (χ1v) is 5.74. The topological polar surface area (TPSA) is 24.1 Å². The van der Waals surface area contributed by atoms with Gasteiger partial charge in [-0.1, -0.05) is 13.8 Å². The molecule has 0 radical (unpaired) electrons. The summed E-state index contributed by atoms with van der Waals surface area (Å²) in [4.78, 5) is 0.407. The van der Waals surface area contributed by atoms with Gasteiger partial charge in [0.2, 0.25) is 0 Å². The summed E-state index contributed by atoms with van der Waals surface area (Å²) in [5, 5.41) is 7.94. The molecule has 3 heteroatoms. The van der Waals surface area contributed by atoms with Gasteiger partial charge in [0.1, 0.15) is 0 Å². The fourth-order valence-electron chi connectivity index (χ4n) is 2.20. The molecule has 0 amide bonds. The molecule has 3 unspecified atom stereocenters. The Kier molecular flexibility index (Phi) is 2.36. The minimum absolute atomic E-state index is 0.407. The molecule has 2 nitrogen and oxygen atoms in total. The number of thioether (sulfide) groups is 1. The lowest BCUT2D eigenvalue weighted by molar-refractivity contribution is 0.277. The number of hydrogen-bond acceptors (Lipinski definition) is 3. The molecule has 0 aromatic rings. The van der Waals surface area contributed by atoms with Crippen molar-refractivity contribution in [2.24, 2.45) is 5.92 Å². The zero-order chi connectivity index (χ0) is 8.60. The largest absolute Gasteiger partial charge is 0.316 e. The Morgan fingerprint density at radius 3 is 2.75 bits per heavy atom. The molecule has 2 aliphatic rings. The van der Waals surface area contributed by atoms with Crippen molar-refractivity contribution in [2.75, 3.05) is 19.6 Å². The first kappa shape index (κ1) is 8.85. The molecule has 12 heavy (non-hydrogen) atoms. The number of rotatable bonds is 0. The van der Waals surface area contributed by atoms with Gasteiger partial charge >= 0.3 is 0 Å². The first-order chi connectivity index (χ1) is 5.73. The average molecular weight is 186 g/mol. The van der Waals surface area contributed by atoms with Gasteiger partial charge in [-0.3, -0.25) is 0 Å². The Bertz CT molecular complexity index is 170. The van der Waals surface area contributed by atoms with Crippen molar-refractivity contribution >= 4 is 11.8 Å². The molecule has 2 rings (SSSR count). The molecule has 0 aromatic carbocycles. The van der Waals surface area contributed by atoms with E-state index in [2.05, 4.69) is 36.2 Å². The molecule has 2 N–H and O–H groups in total. The van der Waals surface area contributed by atoms with Gasteiger partial charge in [-0.2, -0.15) is 0 Å². The van der Waals surface area contributed by atoms with Crippen LogP contribution < -0.4 is 10.6 Å². The van der Waals surface area contributed by atoms with E-state index >= 15 is 0 Å². The molecule has 3 atom stereocenters. The second-order valence-electron chi connectivity index (χ2n) is 4.05. The van der Waals surface area contributed by atoms with Crippen molar-refractivity contribution < 1.29 is 0 Å². The predicted molar refractivity (Wildman–Crippen MR) is 54.4 cm³/mol. The van der Waals surface area contributed by atoms with Gasteiger partial charge in [-0.15, -0.1) is 11.8 Å². The molecule has 2 aliphatic heterocycles. The predicted octanol–water partition coefficient (Wildman–Crippen LogP) is 1.04. The molecule has 70 valence electrons. The molecule has 0 saturated carbocycles. The third-order valence-corrected chi connectivity index (χ3v) is 4.76. The summed E-state index contributed by atoms with van der Waals surface area (Å²) in [7, 11) is 0. The van der Waals surface area contributed by atoms with Gasteiger partial charge in [-0.05, 0) is 18.9 Å². The van der Waals surface area contributed by atoms with E-state index in [1.54, 1.807) is 0 Å². The van der Waals surface area contributed by atoms with Crippen molar-refractivity contribution in [1.82, 2.24) is 10.6 Å². The van der Waals surface area contributed by atoms with Gasteiger partial charge < -0.3 is 10.6 Å². The van der Waals surface area contributed by atoms with E-state index in [0.29, 0.717) is 4.87 Å². The third kappa shape index (κ3) is 1.38. The lowest BCUT2D eigenvalue weighted by Crippen LogP contribution is -2.52. The van der Waals surface area contributed by atoms with Gasteiger partial charge in [0, 0.05) is 18.3 Å². The van der Waals surface area contributed by atoms with Crippen LogP contribution >= 0.6 is 11.8 Å². The summed E-state index contributed by atoms with van der Waals surface area (Å²) in [6, 6.07) is 0. The summed E-state index contributed by atoms with van der Waals surface area (Å²) < 4.78 is 0. The van der Waals surface area contributed by atoms with Crippen LogP contribution in [0.2, 0.25) is 0 Å². The summed E-state index contributed by atoms with van der Waals surface area (Å²) in [5.41, 5.74) is 0. The van der Waals surface area contributed by atoms with E-state index in [1.165, 1.54) is 26.1 Å². The zero-order valence-electron chi connectivity index (χ0n) is 7.89. The number of nitrogens with one attached hydrogen (secondary N) is 2. The normalized spacial score (nSPS) is 48.5. The van der Waals surface area contributed by atoms with E-state index in [1.807, 2.05) is 0 Å². The van der Waals surface area contributed by atoms with Crippen LogP contribution in [0.1, 0.15) is 20.3 Å². The lowest BCUT2D eigenvalue weighted by Gasteiger charge is -2.39. The summed E-state index contributed by atoms with van der Waals surface area (Å²) >= 11 is 2.15. The standard InChI is InChI=1S/C9H18N2S/c1-7-5-10-4-3-9(7)11-6-8(2)12-9/h7-8,10-11H,3-6H2,1-2H3. The van der Waals surface area contributed by atoms with E-state index in [-0.39, 0.29) is 0 Å². The van der Waals surface area contributed by atoms with Crippen LogP contribution in [0.3, 0.4) is 0 Å². The Balaban J connectivity index is 2.07. The van der Waals surface area contributed by atoms with E-state index < -0.39 is 0 Å². The quantitative estimate of drug-likeness (QED) is 0.591. The third-order valence-electron chi connectivity index (χ3n) is 3.02. The van der Waals surface area contributed by atoms with Gasteiger partial charge in [0.25, 0.3) is 0 Å². The molecule has 0 aromatic heterocycles. The summed E-state index contributed by atoms with van der Waals surface area (Å²) in [6.45, 7) is 8.21. The van der Waals surface area contributed by atoms with Crippen LogP contribution in [0.15, 0.2) is 0 Å². The smallest absolute Gasteiger partial charge is 0.0698 e. The zero-order valence-corrected chi connectivity index (χ0v) is 8.71. The van der Waals surface area contributed by atoms with Crippen molar-refractivity contribution in [3.63, 3.8) is 0 Å². The van der Waals surface area contributed by atoms with Crippen LogP contribution in [0.5, 0.6) is 0 Å². The maximum Gasteiger partial charge on any atom is 0.0698 e. The minimum Gasteiger partial charge on any atom is -0.316 e. The molecular formula is C9H18N2S. The minimum atomic E-state index is 0.407. The van der Waals surface area contributed by atoms with Crippen LogP contribution in [-0.4, -0.2) is 29.8 Å². The van der Waals surface area contributed by atoms with E-state index in [0.717, 1.165) is 11.2 Å². The molecule has 2 saturated heterocycles. The molecule has 0 aliphatic carbocycles. The maximum atomic E-state index is 3.69. The Hall–Kier alpha value is 0.270. The van der Waals surface area contributed by atoms with Crippen molar-refractivity contribution in [1.29, 1.82) is 0 Å². The van der Waals surface area contributed by atoms with Crippen LogP contribution in [-0.2, 0) is 0 Å². The highest BCUT2D eigenvalue weighted by atomic mass is 32.2. The number of piperidine rings is 1. The lowest BCUT2D eigenvalue weighted by atomic mass is 9.94. The van der Waals surface area contributed by atoms with Crippen LogP contribution in [0.25, 0.3) is 0 Å².